The van der Waals surface area contributed by atoms with Gasteiger partial charge in [0, 0.05) is 5.56 Å². The van der Waals surface area contributed by atoms with Crippen molar-refractivity contribution in [2.45, 2.75) is 53.4 Å². The van der Waals surface area contributed by atoms with Gasteiger partial charge in [0.1, 0.15) is 12.4 Å². The van der Waals surface area contributed by atoms with Crippen molar-refractivity contribution in [3.8, 4) is 5.75 Å². The third kappa shape index (κ3) is 10.3. The summed E-state index contributed by atoms with van der Waals surface area (Å²) < 4.78 is 5.84. The van der Waals surface area contributed by atoms with Crippen molar-refractivity contribution in [3.05, 3.63) is 107 Å². The molecule has 32 heavy (non-hydrogen) atoms. The molecule has 0 spiro atoms. The zero-order valence-corrected chi connectivity index (χ0v) is 19.9. The lowest BCUT2D eigenvalue weighted by Crippen LogP contribution is -1.95. The normalized spacial score (nSPS) is 12.1. The van der Waals surface area contributed by atoms with E-state index in [0.29, 0.717) is 12.2 Å². The fraction of sp³-hybridized carbons (Fsp3) is 0.300. The van der Waals surface area contributed by atoms with E-state index in [2.05, 4.69) is 45.9 Å². The summed E-state index contributed by atoms with van der Waals surface area (Å²) in [6.45, 7) is 9.24. The number of allylic oxidation sites excluding steroid dienone is 6. The van der Waals surface area contributed by atoms with Crippen LogP contribution < -0.4 is 4.74 Å². The number of ketones is 1. The van der Waals surface area contributed by atoms with Crippen molar-refractivity contribution < 1.29 is 9.53 Å². The Kier molecular flexibility index (Phi) is 11.0. The van der Waals surface area contributed by atoms with Crippen LogP contribution in [0.4, 0.5) is 0 Å². The first-order chi connectivity index (χ1) is 15.4. The average molecular weight is 429 g/mol. The van der Waals surface area contributed by atoms with Crippen molar-refractivity contribution in [1.82, 2.24) is 0 Å². The van der Waals surface area contributed by atoms with Crippen LogP contribution in [0.25, 0.3) is 6.08 Å². The van der Waals surface area contributed by atoms with Gasteiger partial charge in [-0.15, -0.1) is 0 Å². The fourth-order valence-electron chi connectivity index (χ4n) is 3.16. The monoisotopic (exact) mass is 428 g/mol. The maximum Gasteiger partial charge on any atom is 0.185 e. The molecule has 0 heterocycles. The Labute approximate surface area is 194 Å². The molecule has 2 aromatic carbocycles. The Morgan fingerprint density at radius 2 is 1.41 bits per heavy atom. The summed E-state index contributed by atoms with van der Waals surface area (Å²) in [5.74, 6) is 0.833. The third-order valence-electron chi connectivity index (χ3n) is 5.17. The molecule has 0 aliphatic carbocycles. The summed E-state index contributed by atoms with van der Waals surface area (Å²) in [6, 6.07) is 17.1. The van der Waals surface area contributed by atoms with Crippen LogP contribution in [-0.4, -0.2) is 12.4 Å². The van der Waals surface area contributed by atoms with Gasteiger partial charge in [-0.25, -0.2) is 0 Å². The molecular weight excluding hydrogens is 392 g/mol. The van der Waals surface area contributed by atoms with Crippen molar-refractivity contribution in [2.75, 3.05) is 6.61 Å². The topological polar surface area (TPSA) is 26.3 Å². The van der Waals surface area contributed by atoms with Crippen molar-refractivity contribution in [2.24, 2.45) is 0 Å². The Balaban J connectivity index is 1.73. The van der Waals surface area contributed by atoms with Gasteiger partial charge in [0.05, 0.1) is 0 Å². The van der Waals surface area contributed by atoms with Gasteiger partial charge < -0.3 is 4.74 Å². The molecule has 0 saturated heterocycles. The highest BCUT2D eigenvalue weighted by Crippen LogP contribution is 2.15. The number of benzene rings is 2. The van der Waals surface area contributed by atoms with Gasteiger partial charge in [-0.2, -0.15) is 0 Å². The number of carbonyl (C=O) groups is 1. The SMILES string of the molecule is CC(C)=CCCC(C)=CCCC(C)=CCOc1ccc(C=CC(=O)c2ccccc2)cc1. The minimum atomic E-state index is 0.00414. The number of hydrogen-bond donors (Lipinski definition) is 0. The van der Waals surface area contributed by atoms with Gasteiger partial charge in [0.2, 0.25) is 0 Å². The van der Waals surface area contributed by atoms with Crippen LogP contribution in [0.3, 0.4) is 0 Å². The second-order valence-electron chi connectivity index (χ2n) is 8.40. The number of ether oxygens (including phenoxy) is 1. The molecule has 0 atom stereocenters. The van der Waals surface area contributed by atoms with Crippen LogP contribution in [0.2, 0.25) is 0 Å². The molecule has 2 aromatic rings. The Bertz CT molecular complexity index is 954. The highest BCUT2D eigenvalue weighted by atomic mass is 16.5. The molecule has 0 aromatic heterocycles. The maximum absolute atomic E-state index is 12.1. The summed E-state index contributed by atoms with van der Waals surface area (Å²) in [4.78, 5) is 12.1. The summed E-state index contributed by atoms with van der Waals surface area (Å²) in [6.07, 6.45) is 14.6. The van der Waals surface area contributed by atoms with Gasteiger partial charge in [-0.1, -0.05) is 77.4 Å². The van der Waals surface area contributed by atoms with E-state index in [9.17, 15) is 4.79 Å². The predicted molar refractivity (Wildman–Crippen MR) is 137 cm³/mol. The minimum absolute atomic E-state index is 0.00414. The zero-order valence-electron chi connectivity index (χ0n) is 19.9. The van der Waals surface area contributed by atoms with E-state index in [0.717, 1.165) is 37.0 Å². The van der Waals surface area contributed by atoms with Crippen LogP contribution in [-0.2, 0) is 0 Å². The van der Waals surface area contributed by atoms with Gasteiger partial charge in [0.15, 0.2) is 5.78 Å². The molecule has 2 heteroatoms. The molecule has 0 aliphatic heterocycles. The highest BCUT2D eigenvalue weighted by Gasteiger charge is 2.00. The van der Waals surface area contributed by atoms with E-state index in [1.54, 1.807) is 6.08 Å². The quantitative estimate of drug-likeness (QED) is 0.193. The molecule has 2 rings (SSSR count). The first-order valence-electron chi connectivity index (χ1n) is 11.4. The number of hydrogen-bond acceptors (Lipinski definition) is 2. The molecule has 0 N–H and O–H groups in total. The van der Waals surface area contributed by atoms with Crippen LogP contribution in [0.1, 0.15) is 69.3 Å². The predicted octanol–water partition coefficient (Wildman–Crippen LogP) is 8.38. The first kappa shape index (κ1) is 25.1. The van der Waals surface area contributed by atoms with Gasteiger partial charge in [-0.3, -0.25) is 4.79 Å². The standard InChI is InChI=1S/C30H36O2/c1-24(2)10-8-11-25(3)12-9-13-26(4)22-23-32-29-19-16-27(17-20-29)18-21-30(31)28-14-6-5-7-15-28/h5-7,10,12,14-22H,8-9,11,13,23H2,1-4H3. The molecule has 168 valence electrons. The van der Waals surface area contributed by atoms with E-state index < -0.39 is 0 Å². The molecule has 0 radical (unpaired) electrons. The van der Waals surface area contributed by atoms with Crippen molar-refractivity contribution in [1.29, 1.82) is 0 Å². The van der Waals surface area contributed by atoms with Crippen molar-refractivity contribution >= 4 is 11.9 Å². The summed E-state index contributed by atoms with van der Waals surface area (Å²) >= 11 is 0. The number of carbonyl (C=O) groups excluding carboxylic acids is 1. The molecule has 0 unspecified atom stereocenters. The van der Waals surface area contributed by atoms with Gasteiger partial charge >= 0.3 is 0 Å². The van der Waals surface area contributed by atoms with Gasteiger partial charge in [0.25, 0.3) is 0 Å². The minimum Gasteiger partial charge on any atom is -0.490 e. The summed E-state index contributed by atoms with van der Waals surface area (Å²) in [5, 5.41) is 0. The lowest BCUT2D eigenvalue weighted by atomic mass is 10.1. The van der Waals surface area contributed by atoms with E-state index in [1.165, 1.54) is 16.7 Å². The molecule has 2 nitrogen and oxygen atoms in total. The van der Waals surface area contributed by atoms with Crippen LogP contribution in [0, 0.1) is 0 Å². The second-order valence-corrected chi connectivity index (χ2v) is 8.40. The molecular formula is C30H36O2. The smallest absolute Gasteiger partial charge is 0.185 e. The maximum atomic E-state index is 12.1. The molecule has 0 bridgehead atoms. The number of rotatable bonds is 12. The fourth-order valence-corrected chi connectivity index (χ4v) is 3.16. The van der Waals surface area contributed by atoms with Crippen LogP contribution >= 0.6 is 0 Å². The molecule has 0 saturated carbocycles. The van der Waals surface area contributed by atoms with Crippen LogP contribution in [0.15, 0.2) is 95.6 Å². The largest absolute Gasteiger partial charge is 0.490 e. The average Bonchev–Trinajstić information content (AvgIpc) is 2.78. The van der Waals surface area contributed by atoms with E-state index >= 15 is 0 Å². The Morgan fingerprint density at radius 3 is 2.06 bits per heavy atom. The van der Waals surface area contributed by atoms with Crippen LogP contribution in [0.5, 0.6) is 5.75 Å². The molecule has 0 aliphatic rings. The summed E-state index contributed by atoms with van der Waals surface area (Å²) in [7, 11) is 0. The zero-order chi connectivity index (χ0) is 23.2. The van der Waals surface area contributed by atoms with E-state index in [-0.39, 0.29) is 5.78 Å². The Hall–Kier alpha value is -3.13. The van der Waals surface area contributed by atoms with Crippen molar-refractivity contribution in [3.63, 3.8) is 0 Å². The second kappa shape index (κ2) is 14.0. The lowest BCUT2D eigenvalue weighted by Gasteiger charge is -2.05. The van der Waals surface area contributed by atoms with Gasteiger partial charge in [-0.05, 0) is 83.2 Å². The van der Waals surface area contributed by atoms with E-state index in [4.69, 9.17) is 4.74 Å². The third-order valence-corrected chi connectivity index (χ3v) is 5.17. The highest BCUT2D eigenvalue weighted by molar-refractivity contribution is 6.06. The van der Waals surface area contributed by atoms with E-state index in [1.807, 2.05) is 60.7 Å². The molecule has 0 amide bonds. The summed E-state index contributed by atoms with van der Waals surface area (Å²) in [5.41, 5.74) is 5.87. The Morgan fingerprint density at radius 1 is 0.781 bits per heavy atom. The first-order valence-corrected chi connectivity index (χ1v) is 11.4. The molecule has 0 fully saturated rings. The lowest BCUT2D eigenvalue weighted by molar-refractivity contribution is 0.104.